The topological polar surface area (TPSA) is 81.5 Å². The number of hydrogen-bond acceptors (Lipinski definition) is 5. The largest absolute Gasteiger partial charge is 0.493 e. The van der Waals surface area contributed by atoms with E-state index in [1.807, 2.05) is 18.2 Å². The lowest BCUT2D eigenvalue weighted by atomic mass is 9.97. The summed E-state index contributed by atoms with van der Waals surface area (Å²) in [6.45, 7) is 0. The smallest absolute Gasteiger partial charge is 0.335 e. The first kappa shape index (κ1) is 17.4. The van der Waals surface area contributed by atoms with Crippen molar-refractivity contribution >= 4 is 5.97 Å². The summed E-state index contributed by atoms with van der Waals surface area (Å²) in [6, 6.07) is 10.6. The molecule has 0 bridgehead atoms. The Kier molecular flexibility index (Phi) is 5.12. The van der Waals surface area contributed by atoms with Crippen LogP contribution in [-0.4, -0.2) is 35.3 Å². The number of carboxylic acid groups (broad SMARTS) is 1. The van der Waals surface area contributed by atoms with Gasteiger partial charge in [-0.2, -0.15) is 0 Å². The van der Waals surface area contributed by atoms with Gasteiger partial charge >= 0.3 is 5.97 Å². The van der Waals surface area contributed by atoms with Gasteiger partial charge in [0.1, 0.15) is 6.33 Å². The fourth-order valence-electron chi connectivity index (χ4n) is 2.81. The first-order valence-corrected chi connectivity index (χ1v) is 7.95. The van der Waals surface area contributed by atoms with Crippen molar-refractivity contribution in [2.45, 2.75) is 6.42 Å². The zero-order valence-corrected chi connectivity index (χ0v) is 14.5. The maximum absolute atomic E-state index is 11.3. The van der Waals surface area contributed by atoms with Crippen molar-refractivity contribution in [2.75, 3.05) is 14.2 Å². The highest BCUT2D eigenvalue weighted by atomic mass is 16.5. The van der Waals surface area contributed by atoms with Gasteiger partial charge in [-0.25, -0.2) is 14.8 Å². The number of benzene rings is 2. The van der Waals surface area contributed by atoms with Gasteiger partial charge in [-0.05, 0) is 41.0 Å². The molecule has 3 aromatic rings. The van der Waals surface area contributed by atoms with Crippen LogP contribution in [0.25, 0.3) is 11.1 Å². The SMILES string of the molecule is COc1cc(Cc2cncnc2)cc(-c2cccc(C(=O)O)c2)c1OC. The molecule has 1 N–H and O–H groups in total. The van der Waals surface area contributed by atoms with Crippen molar-refractivity contribution in [3.63, 3.8) is 0 Å². The molecule has 2 aromatic carbocycles. The third kappa shape index (κ3) is 3.64. The molecule has 3 rings (SSSR count). The van der Waals surface area contributed by atoms with Gasteiger partial charge in [-0.3, -0.25) is 0 Å². The van der Waals surface area contributed by atoms with Gasteiger partial charge < -0.3 is 14.6 Å². The van der Waals surface area contributed by atoms with E-state index < -0.39 is 5.97 Å². The fraction of sp³-hybridized carbons (Fsp3) is 0.150. The number of rotatable bonds is 6. The summed E-state index contributed by atoms with van der Waals surface area (Å²) in [5.41, 5.74) is 3.66. The average molecular weight is 350 g/mol. The minimum atomic E-state index is -0.977. The van der Waals surface area contributed by atoms with Crippen LogP contribution in [0.2, 0.25) is 0 Å². The van der Waals surface area contributed by atoms with E-state index in [2.05, 4.69) is 9.97 Å². The van der Waals surface area contributed by atoms with Crippen molar-refractivity contribution in [2.24, 2.45) is 0 Å². The number of methoxy groups -OCH3 is 2. The molecule has 0 aliphatic heterocycles. The number of aromatic carboxylic acids is 1. The Morgan fingerprint density at radius 1 is 1.04 bits per heavy atom. The Morgan fingerprint density at radius 3 is 2.46 bits per heavy atom. The number of hydrogen-bond donors (Lipinski definition) is 1. The number of nitrogens with zero attached hydrogens (tertiary/aromatic N) is 2. The van der Waals surface area contributed by atoms with Gasteiger partial charge in [0, 0.05) is 24.4 Å². The van der Waals surface area contributed by atoms with E-state index >= 15 is 0 Å². The summed E-state index contributed by atoms with van der Waals surface area (Å²) in [6.07, 6.45) is 5.62. The molecule has 132 valence electrons. The minimum absolute atomic E-state index is 0.213. The fourth-order valence-corrected chi connectivity index (χ4v) is 2.81. The second-order valence-electron chi connectivity index (χ2n) is 5.69. The summed E-state index contributed by atoms with van der Waals surface area (Å²) in [4.78, 5) is 19.4. The molecule has 6 nitrogen and oxygen atoms in total. The molecule has 0 amide bonds. The molecule has 1 heterocycles. The van der Waals surface area contributed by atoms with Crippen molar-refractivity contribution in [3.05, 3.63) is 71.8 Å². The van der Waals surface area contributed by atoms with Crippen LogP contribution in [0.3, 0.4) is 0 Å². The average Bonchev–Trinajstić information content (AvgIpc) is 2.68. The predicted molar refractivity (Wildman–Crippen MR) is 96.8 cm³/mol. The third-order valence-electron chi connectivity index (χ3n) is 3.98. The van der Waals surface area contributed by atoms with Gasteiger partial charge in [0.2, 0.25) is 0 Å². The van der Waals surface area contributed by atoms with Crippen LogP contribution in [0.5, 0.6) is 11.5 Å². The molecule has 1 aromatic heterocycles. The maximum Gasteiger partial charge on any atom is 0.335 e. The highest BCUT2D eigenvalue weighted by Crippen LogP contribution is 2.40. The Morgan fingerprint density at radius 2 is 1.81 bits per heavy atom. The normalized spacial score (nSPS) is 10.4. The van der Waals surface area contributed by atoms with E-state index in [9.17, 15) is 9.90 Å². The quantitative estimate of drug-likeness (QED) is 0.733. The summed E-state index contributed by atoms with van der Waals surface area (Å²) < 4.78 is 11.0. The van der Waals surface area contributed by atoms with Crippen molar-refractivity contribution < 1.29 is 19.4 Å². The zero-order chi connectivity index (χ0) is 18.5. The molecule has 6 heteroatoms. The molecule has 0 atom stereocenters. The summed E-state index contributed by atoms with van der Waals surface area (Å²) in [5, 5.41) is 9.26. The van der Waals surface area contributed by atoms with Crippen LogP contribution >= 0.6 is 0 Å². The van der Waals surface area contributed by atoms with E-state index in [0.717, 1.165) is 22.3 Å². The molecule has 0 saturated heterocycles. The molecule has 0 fully saturated rings. The first-order valence-electron chi connectivity index (χ1n) is 7.95. The molecule has 0 unspecified atom stereocenters. The van der Waals surface area contributed by atoms with Crippen LogP contribution < -0.4 is 9.47 Å². The highest BCUT2D eigenvalue weighted by molar-refractivity contribution is 5.90. The van der Waals surface area contributed by atoms with Crippen molar-refractivity contribution in [1.82, 2.24) is 9.97 Å². The van der Waals surface area contributed by atoms with Gasteiger partial charge in [0.15, 0.2) is 11.5 Å². The van der Waals surface area contributed by atoms with E-state index in [1.54, 1.807) is 44.8 Å². The van der Waals surface area contributed by atoms with Crippen molar-refractivity contribution in [3.8, 4) is 22.6 Å². The summed E-state index contributed by atoms with van der Waals surface area (Å²) in [7, 11) is 3.14. The highest BCUT2D eigenvalue weighted by Gasteiger charge is 2.16. The van der Waals surface area contributed by atoms with Gasteiger partial charge in [-0.1, -0.05) is 12.1 Å². The molecule has 0 saturated carbocycles. The van der Waals surface area contributed by atoms with Crippen LogP contribution in [0.1, 0.15) is 21.5 Å². The number of ether oxygens (including phenoxy) is 2. The standard InChI is InChI=1S/C20H18N2O4/c1-25-18-8-13(6-14-10-21-12-22-11-14)7-17(19(18)26-2)15-4-3-5-16(9-15)20(23)24/h3-5,7-12H,6H2,1-2H3,(H,23,24). The van der Waals surface area contributed by atoms with Crippen LogP contribution in [0.15, 0.2) is 55.1 Å². The van der Waals surface area contributed by atoms with Crippen LogP contribution in [0, 0.1) is 0 Å². The lowest BCUT2D eigenvalue weighted by Crippen LogP contribution is -1.99. The molecular weight excluding hydrogens is 332 g/mol. The molecule has 0 aliphatic rings. The van der Waals surface area contributed by atoms with E-state index in [0.29, 0.717) is 17.9 Å². The van der Waals surface area contributed by atoms with E-state index in [-0.39, 0.29) is 5.56 Å². The second-order valence-corrected chi connectivity index (χ2v) is 5.69. The maximum atomic E-state index is 11.3. The van der Waals surface area contributed by atoms with Gasteiger partial charge in [0.05, 0.1) is 19.8 Å². The number of carboxylic acids is 1. The Hall–Kier alpha value is -3.41. The number of carbonyl (C=O) groups is 1. The second kappa shape index (κ2) is 7.65. The van der Waals surface area contributed by atoms with Crippen molar-refractivity contribution in [1.29, 1.82) is 0 Å². The molecule has 26 heavy (non-hydrogen) atoms. The molecule has 0 aliphatic carbocycles. The predicted octanol–water partition coefficient (Wildman–Crippen LogP) is 3.45. The lowest BCUT2D eigenvalue weighted by molar-refractivity contribution is 0.0697. The Balaban J connectivity index is 2.12. The number of aromatic nitrogens is 2. The Labute approximate surface area is 151 Å². The molecular formula is C20H18N2O4. The molecule has 0 spiro atoms. The Bertz CT molecular complexity index is 926. The molecule has 0 radical (unpaired) electrons. The van der Waals surface area contributed by atoms with E-state index in [1.165, 1.54) is 6.33 Å². The third-order valence-corrected chi connectivity index (χ3v) is 3.98. The first-order chi connectivity index (χ1) is 12.6. The zero-order valence-electron chi connectivity index (χ0n) is 14.5. The van der Waals surface area contributed by atoms with Crippen LogP contribution in [0.4, 0.5) is 0 Å². The van der Waals surface area contributed by atoms with Gasteiger partial charge in [0.25, 0.3) is 0 Å². The summed E-state index contributed by atoms with van der Waals surface area (Å²) >= 11 is 0. The van der Waals surface area contributed by atoms with Gasteiger partial charge in [-0.15, -0.1) is 0 Å². The minimum Gasteiger partial charge on any atom is -0.493 e. The van der Waals surface area contributed by atoms with Crippen LogP contribution in [-0.2, 0) is 6.42 Å². The summed E-state index contributed by atoms with van der Waals surface area (Å²) in [5.74, 6) is 0.163. The monoisotopic (exact) mass is 350 g/mol. The lowest BCUT2D eigenvalue weighted by Gasteiger charge is -2.16. The van der Waals surface area contributed by atoms with E-state index in [4.69, 9.17) is 9.47 Å².